The van der Waals surface area contributed by atoms with Crippen molar-refractivity contribution in [3.63, 3.8) is 0 Å². The Labute approximate surface area is 243 Å². The van der Waals surface area contributed by atoms with E-state index in [0.717, 1.165) is 0 Å². The maximum atomic E-state index is 13.5. The van der Waals surface area contributed by atoms with E-state index >= 15 is 0 Å². The van der Waals surface area contributed by atoms with Gasteiger partial charge < -0.3 is 48.3 Å². The number of aliphatic carboxylic acids is 1. The van der Waals surface area contributed by atoms with Crippen LogP contribution in [-0.4, -0.2) is 80.5 Å². The molecule has 3 amide bonds. The van der Waals surface area contributed by atoms with Crippen LogP contribution in [0.2, 0.25) is 0 Å². The monoisotopic (exact) mass is 587 g/mol. The van der Waals surface area contributed by atoms with E-state index in [-0.39, 0.29) is 43.4 Å². The number of H-pyrrole nitrogens is 1. The van der Waals surface area contributed by atoms with E-state index in [9.17, 15) is 29.4 Å². The van der Waals surface area contributed by atoms with Gasteiger partial charge in [-0.25, -0.2) is 9.78 Å². The molecule has 1 aromatic carbocycles. The Bertz CT molecular complexity index is 1200. The molecule has 15 heteroatoms. The van der Waals surface area contributed by atoms with E-state index in [4.69, 9.17) is 17.2 Å². The highest BCUT2D eigenvalue weighted by Crippen LogP contribution is 2.14. The number of aromatic hydroxyl groups is 1. The second-order valence-corrected chi connectivity index (χ2v) is 10.0. The van der Waals surface area contributed by atoms with E-state index in [1.165, 1.54) is 24.7 Å². The van der Waals surface area contributed by atoms with Crippen molar-refractivity contribution >= 4 is 29.7 Å². The number of guanidine groups is 1. The molecular weight excluding hydrogens is 546 g/mol. The van der Waals surface area contributed by atoms with Crippen LogP contribution < -0.4 is 33.2 Å². The normalized spacial score (nSPS) is 14.5. The third kappa shape index (κ3) is 11.1. The molecule has 0 saturated carbocycles. The smallest absolute Gasteiger partial charge is 0.326 e. The lowest BCUT2D eigenvalue weighted by Crippen LogP contribution is -2.59. The molecule has 230 valence electrons. The summed E-state index contributed by atoms with van der Waals surface area (Å²) in [5, 5.41) is 27.2. The van der Waals surface area contributed by atoms with Gasteiger partial charge in [-0.2, -0.15) is 0 Å². The van der Waals surface area contributed by atoms with Gasteiger partial charge in [0.1, 0.15) is 23.9 Å². The summed E-state index contributed by atoms with van der Waals surface area (Å²) in [5.74, 6) is -3.61. The average molecular weight is 588 g/mol. The van der Waals surface area contributed by atoms with Crippen molar-refractivity contribution in [2.75, 3.05) is 6.54 Å². The zero-order chi connectivity index (χ0) is 31.2. The van der Waals surface area contributed by atoms with Gasteiger partial charge in [0.25, 0.3) is 0 Å². The van der Waals surface area contributed by atoms with Crippen LogP contribution in [0.4, 0.5) is 0 Å². The molecule has 0 radical (unpaired) electrons. The van der Waals surface area contributed by atoms with Crippen molar-refractivity contribution < 1.29 is 29.4 Å². The number of carboxylic acid groups (broad SMARTS) is 1. The molecule has 0 aliphatic heterocycles. The minimum absolute atomic E-state index is 0.0307. The second-order valence-electron chi connectivity index (χ2n) is 10.0. The van der Waals surface area contributed by atoms with E-state index < -0.39 is 47.9 Å². The number of imidazole rings is 1. The molecule has 42 heavy (non-hydrogen) atoms. The molecular formula is C27H41N9O6. The number of amides is 3. The lowest BCUT2D eigenvalue weighted by atomic mass is 9.96. The first-order valence-electron chi connectivity index (χ1n) is 13.6. The Balaban J connectivity index is 2.20. The fourth-order valence-electron chi connectivity index (χ4n) is 4.04. The summed E-state index contributed by atoms with van der Waals surface area (Å²) in [6.45, 7) is 3.85. The Morgan fingerprint density at radius 1 is 1.00 bits per heavy atom. The van der Waals surface area contributed by atoms with Gasteiger partial charge in [0.2, 0.25) is 17.7 Å². The zero-order valence-electron chi connectivity index (χ0n) is 23.7. The predicted octanol–water partition coefficient (Wildman–Crippen LogP) is -1.13. The highest BCUT2D eigenvalue weighted by Gasteiger charge is 2.33. The number of hydrogen-bond donors (Lipinski definition) is 9. The van der Waals surface area contributed by atoms with Gasteiger partial charge in [0.05, 0.1) is 12.4 Å². The van der Waals surface area contributed by atoms with E-state index in [2.05, 4.69) is 30.9 Å². The number of aromatic nitrogens is 2. The highest BCUT2D eigenvalue weighted by molar-refractivity contribution is 5.94. The molecule has 0 bridgehead atoms. The van der Waals surface area contributed by atoms with Gasteiger partial charge in [-0.15, -0.1) is 0 Å². The largest absolute Gasteiger partial charge is 0.508 e. The SMILES string of the molecule is CCC(C)C(NC(=O)C(Cc1ccc(O)cc1)NC(=O)C(N)CCCN=C(N)N)C(=O)NC(Cc1cnc[nH]1)C(=O)O. The van der Waals surface area contributed by atoms with E-state index in [0.29, 0.717) is 24.1 Å². The van der Waals surface area contributed by atoms with Crippen LogP contribution in [0, 0.1) is 5.92 Å². The van der Waals surface area contributed by atoms with Crippen LogP contribution in [-0.2, 0) is 32.0 Å². The van der Waals surface area contributed by atoms with Gasteiger partial charge >= 0.3 is 5.97 Å². The molecule has 1 aromatic heterocycles. The van der Waals surface area contributed by atoms with Gasteiger partial charge in [-0.3, -0.25) is 19.4 Å². The number of nitrogens with two attached hydrogens (primary N) is 3. The van der Waals surface area contributed by atoms with E-state index in [1.54, 1.807) is 19.1 Å². The molecule has 0 aliphatic rings. The van der Waals surface area contributed by atoms with Crippen molar-refractivity contribution in [2.24, 2.45) is 28.1 Å². The topological polar surface area (TPSA) is 264 Å². The Hall–Kier alpha value is -4.66. The lowest BCUT2D eigenvalue weighted by Gasteiger charge is -2.28. The van der Waals surface area contributed by atoms with Crippen molar-refractivity contribution in [3.8, 4) is 5.75 Å². The van der Waals surface area contributed by atoms with Crippen molar-refractivity contribution in [2.45, 2.75) is 70.1 Å². The summed E-state index contributed by atoms with van der Waals surface area (Å²) in [4.78, 5) is 62.1. The highest BCUT2D eigenvalue weighted by atomic mass is 16.4. The van der Waals surface area contributed by atoms with Crippen LogP contribution in [0.25, 0.3) is 0 Å². The molecule has 0 spiro atoms. The average Bonchev–Trinajstić information content (AvgIpc) is 3.46. The van der Waals surface area contributed by atoms with Crippen molar-refractivity contribution in [1.29, 1.82) is 0 Å². The zero-order valence-corrected chi connectivity index (χ0v) is 23.7. The number of benzene rings is 1. The maximum Gasteiger partial charge on any atom is 0.326 e. The lowest BCUT2D eigenvalue weighted by molar-refractivity contribution is -0.142. The van der Waals surface area contributed by atoms with Gasteiger partial charge in [0, 0.05) is 31.3 Å². The number of hydrogen-bond acceptors (Lipinski definition) is 8. The van der Waals surface area contributed by atoms with Gasteiger partial charge in [-0.05, 0) is 36.5 Å². The van der Waals surface area contributed by atoms with Crippen LogP contribution in [0.3, 0.4) is 0 Å². The molecule has 0 saturated heterocycles. The van der Waals surface area contributed by atoms with Gasteiger partial charge in [-0.1, -0.05) is 32.4 Å². The first-order chi connectivity index (χ1) is 19.9. The molecule has 5 atom stereocenters. The van der Waals surface area contributed by atoms with Crippen LogP contribution in [0.5, 0.6) is 5.75 Å². The Morgan fingerprint density at radius 2 is 1.67 bits per heavy atom. The fourth-order valence-corrected chi connectivity index (χ4v) is 4.04. The summed E-state index contributed by atoms with van der Waals surface area (Å²) >= 11 is 0. The third-order valence-electron chi connectivity index (χ3n) is 6.70. The molecule has 2 rings (SSSR count). The quantitative estimate of drug-likeness (QED) is 0.0610. The molecule has 0 aliphatic carbocycles. The molecule has 0 fully saturated rings. The number of aromatic amines is 1. The minimum Gasteiger partial charge on any atom is -0.508 e. The number of phenols is 1. The molecule has 15 nitrogen and oxygen atoms in total. The second kappa shape index (κ2) is 16.6. The molecule has 1 heterocycles. The molecule has 5 unspecified atom stereocenters. The molecule has 12 N–H and O–H groups in total. The van der Waals surface area contributed by atoms with Gasteiger partial charge in [0.15, 0.2) is 5.96 Å². The predicted molar refractivity (Wildman–Crippen MR) is 155 cm³/mol. The number of aliphatic imine (C=N–C) groups is 1. The number of phenolic OH excluding ortho intramolecular Hbond substituents is 1. The summed E-state index contributed by atoms with van der Waals surface area (Å²) in [7, 11) is 0. The first kappa shape index (κ1) is 33.5. The number of nitrogens with one attached hydrogen (secondary N) is 4. The van der Waals surface area contributed by atoms with Crippen molar-refractivity contribution in [1.82, 2.24) is 25.9 Å². The Morgan fingerprint density at radius 3 is 2.24 bits per heavy atom. The summed E-state index contributed by atoms with van der Waals surface area (Å²) in [6.07, 6.45) is 4.02. The number of nitrogens with zero attached hydrogens (tertiary/aromatic N) is 2. The maximum absolute atomic E-state index is 13.5. The van der Waals surface area contributed by atoms with Crippen LogP contribution in [0.15, 0.2) is 41.8 Å². The number of carbonyl (C=O) groups is 4. The van der Waals surface area contributed by atoms with E-state index in [1.807, 2.05) is 6.92 Å². The van der Waals surface area contributed by atoms with Crippen LogP contribution in [0.1, 0.15) is 44.4 Å². The van der Waals surface area contributed by atoms with Crippen LogP contribution >= 0.6 is 0 Å². The summed E-state index contributed by atoms with van der Waals surface area (Å²) < 4.78 is 0. The third-order valence-corrected chi connectivity index (χ3v) is 6.70. The number of carboxylic acids is 1. The fraction of sp³-hybridized carbons (Fsp3) is 0.481. The summed E-state index contributed by atoms with van der Waals surface area (Å²) in [5.41, 5.74) is 17.8. The first-order valence-corrected chi connectivity index (χ1v) is 13.6. The number of carbonyl (C=O) groups excluding carboxylic acids is 3. The molecule has 2 aromatic rings. The Kier molecular flexibility index (Phi) is 13.2. The number of rotatable bonds is 17. The summed E-state index contributed by atoms with van der Waals surface area (Å²) in [6, 6.07) is 1.63. The van der Waals surface area contributed by atoms with Crippen molar-refractivity contribution in [3.05, 3.63) is 48.0 Å². The minimum atomic E-state index is -1.27. The standard InChI is InChI=1S/C27H41N9O6/c1-3-15(2)22(25(40)35-21(26(41)42)12-17-13-31-14-33-17)36-24(39)20(11-16-6-8-18(37)9-7-16)34-23(38)19(28)5-4-10-32-27(29)30/h6-9,13-15,19-22,37H,3-5,10-12,28H2,1-2H3,(H,31,33)(H,34,38)(H,35,40)(H,36,39)(H,41,42)(H4,29,30,32).